The zero-order valence-electron chi connectivity index (χ0n) is 11.4. The van der Waals surface area contributed by atoms with E-state index in [0.717, 1.165) is 18.9 Å². The van der Waals surface area contributed by atoms with Crippen LogP contribution in [0.5, 0.6) is 0 Å². The van der Waals surface area contributed by atoms with Gasteiger partial charge >= 0.3 is 5.69 Å². The van der Waals surface area contributed by atoms with Crippen molar-refractivity contribution in [3.8, 4) is 0 Å². The zero-order valence-corrected chi connectivity index (χ0v) is 11.4. The summed E-state index contributed by atoms with van der Waals surface area (Å²) < 4.78 is 0. The fourth-order valence-corrected chi connectivity index (χ4v) is 3.25. The summed E-state index contributed by atoms with van der Waals surface area (Å²) in [5.74, 6) is -0.269. The summed E-state index contributed by atoms with van der Waals surface area (Å²) in [6.07, 6.45) is 3.22. The van der Waals surface area contributed by atoms with E-state index < -0.39 is 11.2 Å². The molecule has 0 spiro atoms. The van der Waals surface area contributed by atoms with E-state index in [0.29, 0.717) is 25.2 Å². The lowest BCUT2D eigenvalue weighted by molar-refractivity contribution is 0.0733. The Labute approximate surface area is 115 Å². The number of fused-ring (bicyclic) bond motifs is 2. The Morgan fingerprint density at radius 3 is 2.70 bits per heavy atom. The van der Waals surface area contributed by atoms with Crippen molar-refractivity contribution >= 4 is 5.91 Å². The van der Waals surface area contributed by atoms with Crippen LogP contribution in [0.2, 0.25) is 0 Å². The van der Waals surface area contributed by atoms with Crippen molar-refractivity contribution in [1.29, 1.82) is 0 Å². The van der Waals surface area contributed by atoms with Crippen LogP contribution in [-0.4, -0.2) is 57.9 Å². The Morgan fingerprint density at radius 1 is 1.20 bits per heavy atom. The third kappa shape index (κ3) is 2.29. The molecule has 3 heterocycles. The molecule has 108 valence electrons. The van der Waals surface area contributed by atoms with E-state index in [-0.39, 0.29) is 11.6 Å². The van der Waals surface area contributed by atoms with Gasteiger partial charge in [0, 0.05) is 31.2 Å². The van der Waals surface area contributed by atoms with E-state index >= 15 is 0 Å². The van der Waals surface area contributed by atoms with Crippen LogP contribution >= 0.6 is 0 Å². The topological polar surface area (TPSA) is 89.3 Å². The van der Waals surface area contributed by atoms with Crippen LogP contribution in [0.3, 0.4) is 0 Å². The summed E-state index contributed by atoms with van der Waals surface area (Å²) >= 11 is 0. The Bertz CT molecular complexity index is 607. The van der Waals surface area contributed by atoms with Crippen molar-refractivity contribution in [3.63, 3.8) is 0 Å². The van der Waals surface area contributed by atoms with Gasteiger partial charge in [0.25, 0.3) is 11.5 Å². The van der Waals surface area contributed by atoms with E-state index in [1.54, 1.807) is 4.90 Å². The number of hydrogen-bond donors (Lipinski definition) is 2. The maximum atomic E-state index is 12.4. The van der Waals surface area contributed by atoms with Crippen molar-refractivity contribution < 1.29 is 4.79 Å². The van der Waals surface area contributed by atoms with Gasteiger partial charge in [-0.05, 0) is 26.3 Å². The maximum absolute atomic E-state index is 12.4. The minimum atomic E-state index is -0.644. The molecule has 2 bridgehead atoms. The van der Waals surface area contributed by atoms with Crippen LogP contribution in [0.1, 0.15) is 29.8 Å². The normalized spacial score (nSPS) is 26.6. The van der Waals surface area contributed by atoms with E-state index in [4.69, 9.17) is 0 Å². The smallest absolute Gasteiger partial charge is 0.326 e. The molecule has 1 aromatic rings. The average Bonchev–Trinajstić information content (AvgIpc) is 2.61. The van der Waals surface area contributed by atoms with Gasteiger partial charge < -0.3 is 9.88 Å². The molecule has 0 saturated carbocycles. The molecule has 1 aromatic heterocycles. The van der Waals surface area contributed by atoms with Crippen molar-refractivity contribution in [3.05, 3.63) is 32.6 Å². The van der Waals surface area contributed by atoms with Crippen molar-refractivity contribution in [2.24, 2.45) is 0 Å². The summed E-state index contributed by atoms with van der Waals surface area (Å²) in [7, 11) is 2.10. The molecule has 0 unspecified atom stereocenters. The number of hydrogen-bond acceptors (Lipinski definition) is 4. The third-order valence-electron chi connectivity index (χ3n) is 4.43. The number of amides is 1. The second-order valence-corrected chi connectivity index (χ2v) is 5.59. The number of aromatic nitrogens is 2. The quantitative estimate of drug-likeness (QED) is 0.716. The number of nitrogens with one attached hydrogen (secondary N) is 2. The van der Waals surface area contributed by atoms with Crippen LogP contribution < -0.4 is 11.2 Å². The standard InChI is InChI=1S/C13H18N4O3/c1-16-8-2-3-9(16)7-17(5-4-8)12(19)10-6-11(18)15-13(20)14-10/h6,8-9H,2-5,7H2,1H3,(H2,14,15,18,20)/t8-,9+/m0/s1. The number of aromatic amines is 2. The second-order valence-electron chi connectivity index (χ2n) is 5.59. The number of carbonyl (C=O) groups excluding carboxylic acids is 1. The van der Waals surface area contributed by atoms with Crippen molar-refractivity contribution in [2.45, 2.75) is 31.3 Å². The number of nitrogens with zero attached hydrogens (tertiary/aromatic N) is 2. The summed E-state index contributed by atoms with van der Waals surface area (Å²) in [6, 6.07) is 2.06. The van der Waals surface area contributed by atoms with E-state index in [9.17, 15) is 14.4 Å². The fourth-order valence-electron chi connectivity index (χ4n) is 3.25. The molecule has 0 aliphatic carbocycles. The van der Waals surface area contributed by atoms with E-state index in [2.05, 4.69) is 21.9 Å². The minimum absolute atomic E-state index is 0.0687. The molecule has 1 amide bonds. The summed E-state index contributed by atoms with van der Waals surface area (Å²) in [5, 5.41) is 0. The Hall–Kier alpha value is -1.89. The Balaban J connectivity index is 1.84. The number of H-pyrrole nitrogens is 2. The van der Waals surface area contributed by atoms with Crippen molar-refractivity contribution in [2.75, 3.05) is 20.1 Å². The van der Waals surface area contributed by atoms with E-state index in [1.165, 1.54) is 6.42 Å². The zero-order chi connectivity index (χ0) is 14.3. The molecular formula is C13H18N4O3. The molecule has 7 heteroatoms. The molecule has 2 atom stereocenters. The molecular weight excluding hydrogens is 260 g/mol. The van der Waals surface area contributed by atoms with Gasteiger partial charge in [-0.2, -0.15) is 0 Å². The summed E-state index contributed by atoms with van der Waals surface area (Å²) in [6.45, 7) is 1.32. The fraction of sp³-hybridized carbons (Fsp3) is 0.615. The second kappa shape index (κ2) is 4.90. The van der Waals surface area contributed by atoms with Gasteiger partial charge in [0.2, 0.25) is 0 Å². The molecule has 2 aliphatic rings. The number of rotatable bonds is 1. The highest BCUT2D eigenvalue weighted by Crippen LogP contribution is 2.28. The number of carbonyl (C=O) groups is 1. The summed E-state index contributed by atoms with van der Waals surface area (Å²) in [5.41, 5.74) is -1.13. The van der Waals surface area contributed by atoms with Gasteiger partial charge in [-0.25, -0.2) is 4.79 Å². The largest absolute Gasteiger partial charge is 0.336 e. The van der Waals surface area contributed by atoms with Gasteiger partial charge in [-0.1, -0.05) is 0 Å². The molecule has 2 aliphatic heterocycles. The lowest BCUT2D eigenvalue weighted by atomic mass is 10.1. The highest BCUT2D eigenvalue weighted by Gasteiger charge is 2.36. The number of likely N-dealkylation sites (N-methyl/N-ethyl adjacent to an activating group) is 1. The molecule has 2 N–H and O–H groups in total. The first-order valence-corrected chi connectivity index (χ1v) is 6.89. The monoisotopic (exact) mass is 278 g/mol. The van der Waals surface area contributed by atoms with Crippen LogP contribution in [0.4, 0.5) is 0 Å². The Morgan fingerprint density at radius 2 is 1.95 bits per heavy atom. The first-order chi connectivity index (χ1) is 9.54. The lowest BCUT2D eigenvalue weighted by Gasteiger charge is -2.25. The molecule has 0 radical (unpaired) electrons. The number of likely N-dealkylation sites (tertiary alicyclic amines) is 1. The highest BCUT2D eigenvalue weighted by atomic mass is 16.2. The van der Waals surface area contributed by atoms with Gasteiger partial charge in [0.05, 0.1) is 0 Å². The SMILES string of the molecule is CN1[C@H]2CC[C@@H]1CN(C(=O)c1cc(=O)[nH]c(=O)[nH]1)CC2. The van der Waals surface area contributed by atoms with Crippen LogP contribution in [-0.2, 0) is 0 Å². The molecule has 0 aromatic carbocycles. The predicted octanol–water partition coefficient (Wildman–Crippen LogP) is -0.628. The molecule has 20 heavy (non-hydrogen) atoms. The van der Waals surface area contributed by atoms with Gasteiger partial charge in [0.15, 0.2) is 0 Å². The molecule has 2 saturated heterocycles. The maximum Gasteiger partial charge on any atom is 0.326 e. The van der Waals surface area contributed by atoms with Gasteiger partial charge in [0.1, 0.15) is 5.69 Å². The first kappa shape index (κ1) is 13.1. The highest BCUT2D eigenvalue weighted by molar-refractivity contribution is 5.92. The van der Waals surface area contributed by atoms with Crippen LogP contribution in [0.15, 0.2) is 15.7 Å². The van der Waals surface area contributed by atoms with E-state index in [1.807, 2.05) is 0 Å². The van der Waals surface area contributed by atoms with Gasteiger partial charge in [-0.15, -0.1) is 0 Å². The molecule has 2 fully saturated rings. The summed E-state index contributed by atoms with van der Waals surface area (Å²) in [4.78, 5) is 43.5. The first-order valence-electron chi connectivity index (χ1n) is 6.89. The predicted molar refractivity (Wildman–Crippen MR) is 72.8 cm³/mol. The minimum Gasteiger partial charge on any atom is -0.336 e. The van der Waals surface area contributed by atoms with Crippen molar-refractivity contribution in [1.82, 2.24) is 19.8 Å². The average molecular weight is 278 g/mol. The van der Waals surface area contributed by atoms with Gasteiger partial charge in [-0.3, -0.25) is 19.5 Å². The molecule has 7 nitrogen and oxygen atoms in total. The third-order valence-corrected chi connectivity index (χ3v) is 4.43. The van der Waals surface area contributed by atoms with Crippen LogP contribution in [0, 0.1) is 0 Å². The Kier molecular flexibility index (Phi) is 3.21. The lowest BCUT2D eigenvalue weighted by Crippen LogP contribution is -2.41. The van der Waals surface area contributed by atoms with Crippen LogP contribution in [0.25, 0.3) is 0 Å². The molecule has 3 rings (SSSR count).